The van der Waals surface area contributed by atoms with Crippen LogP contribution in [0, 0.1) is 0 Å². The lowest BCUT2D eigenvalue weighted by Gasteiger charge is -2.19. The number of carbonyl (C=O) groups excluding carboxylic acids is 4. The highest BCUT2D eigenvalue weighted by molar-refractivity contribution is 9.10. The zero-order valence-electron chi connectivity index (χ0n) is 12.7. The van der Waals surface area contributed by atoms with Crippen LogP contribution in [0.5, 0.6) is 0 Å². The van der Waals surface area contributed by atoms with Gasteiger partial charge in [-0.15, -0.1) is 0 Å². The molecule has 0 bridgehead atoms. The first kappa shape index (κ1) is 17.1. The molecule has 3 amide bonds. The Labute approximate surface area is 141 Å². The second-order valence-electron chi connectivity index (χ2n) is 4.94. The predicted molar refractivity (Wildman–Crippen MR) is 83.8 cm³/mol. The third-order valence-corrected chi connectivity index (χ3v) is 3.82. The van der Waals surface area contributed by atoms with Gasteiger partial charge in [0.2, 0.25) is 5.91 Å². The lowest BCUT2D eigenvalue weighted by molar-refractivity contribution is -0.148. The molecule has 0 spiro atoms. The first-order valence-corrected chi connectivity index (χ1v) is 7.69. The van der Waals surface area contributed by atoms with Crippen LogP contribution in [0.25, 0.3) is 0 Å². The Morgan fingerprint density at radius 2 is 1.87 bits per heavy atom. The Morgan fingerprint density at radius 1 is 1.22 bits per heavy atom. The molecule has 23 heavy (non-hydrogen) atoms. The van der Waals surface area contributed by atoms with Crippen molar-refractivity contribution in [1.82, 2.24) is 9.80 Å². The molecule has 0 saturated carbocycles. The largest absolute Gasteiger partial charge is 0.465 e. The van der Waals surface area contributed by atoms with E-state index in [1.807, 2.05) is 0 Å². The summed E-state index contributed by atoms with van der Waals surface area (Å²) in [5.41, 5.74) is 0.518. The number of nitrogens with zero attached hydrogens (tertiary/aromatic N) is 2. The molecule has 0 N–H and O–H groups in total. The number of hydrogen-bond donors (Lipinski definition) is 0. The normalized spacial score (nSPS) is 13.1. The van der Waals surface area contributed by atoms with Gasteiger partial charge in [-0.05, 0) is 25.1 Å². The molecule has 0 aliphatic carbocycles. The first-order valence-electron chi connectivity index (χ1n) is 6.90. The standard InChI is InChI=1S/C15H15BrN2O5/c1-3-23-13(20)8-17(2)12(19)7-18-14(21)10-5-4-9(16)6-11(10)15(18)22/h4-6H,3,7-8H2,1-2H3. The van der Waals surface area contributed by atoms with Crippen molar-refractivity contribution >= 4 is 39.6 Å². The average molecular weight is 383 g/mol. The predicted octanol–water partition coefficient (Wildman–Crippen LogP) is 1.07. The smallest absolute Gasteiger partial charge is 0.325 e. The van der Waals surface area contributed by atoms with E-state index in [2.05, 4.69) is 15.9 Å². The summed E-state index contributed by atoms with van der Waals surface area (Å²) in [4.78, 5) is 50.0. The summed E-state index contributed by atoms with van der Waals surface area (Å²) in [6, 6.07) is 4.73. The summed E-state index contributed by atoms with van der Waals surface area (Å²) < 4.78 is 5.42. The maximum atomic E-state index is 12.3. The number of rotatable bonds is 5. The minimum Gasteiger partial charge on any atom is -0.465 e. The number of hydrogen-bond acceptors (Lipinski definition) is 5. The molecule has 0 radical (unpaired) electrons. The molecular weight excluding hydrogens is 368 g/mol. The van der Waals surface area contributed by atoms with E-state index in [9.17, 15) is 19.2 Å². The zero-order chi connectivity index (χ0) is 17.1. The number of esters is 1. The van der Waals surface area contributed by atoms with Gasteiger partial charge in [0.1, 0.15) is 13.1 Å². The van der Waals surface area contributed by atoms with Gasteiger partial charge in [0, 0.05) is 11.5 Å². The van der Waals surface area contributed by atoms with Crippen LogP contribution >= 0.6 is 15.9 Å². The fraction of sp³-hybridized carbons (Fsp3) is 0.333. The van der Waals surface area contributed by atoms with E-state index >= 15 is 0 Å². The Morgan fingerprint density at radius 3 is 2.52 bits per heavy atom. The van der Waals surface area contributed by atoms with Crippen molar-refractivity contribution in [3.63, 3.8) is 0 Å². The summed E-state index contributed by atoms with van der Waals surface area (Å²) in [5.74, 6) is -2.11. The molecule has 0 fully saturated rings. The van der Waals surface area contributed by atoms with Crippen LogP contribution in [0.2, 0.25) is 0 Å². The van der Waals surface area contributed by atoms with Gasteiger partial charge in [-0.1, -0.05) is 15.9 Å². The Bertz CT molecular complexity index is 688. The fourth-order valence-electron chi connectivity index (χ4n) is 2.15. The molecular formula is C15H15BrN2O5. The van der Waals surface area contributed by atoms with Crippen molar-refractivity contribution in [1.29, 1.82) is 0 Å². The number of ether oxygens (including phenoxy) is 1. The molecule has 122 valence electrons. The van der Waals surface area contributed by atoms with Crippen LogP contribution in [0.4, 0.5) is 0 Å². The van der Waals surface area contributed by atoms with Gasteiger partial charge in [0.25, 0.3) is 11.8 Å². The highest BCUT2D eigenvalue weighted by Crippen LogP contribution is 2.25. The Hall–Kier alpha value is -2.22. The Kier molecular flexibility index (Phi) is 5.15. The van der Waals surface area contributed by atoms with Crippen LogP contribution in [0.15, 0.2) is 22.7 Å². The number of carbonyl (C=O) groups is 4. The number of halogens is 1. The highest BCUT2D eigenvalue weighted by Gasteiger charge is 2.37. The molecule has 0 saturated heterocycles. The summed E-state index contributed by atoms with van der Waals surface area (Å²) >= 11 is 3.24. The molecule has 0 atom stereocenters. The summed E-state index contributed by atoms with van der Waals surface area (Å²) in [5, 5.41) is 0. The zero-order valence-corrected chi connectivity index (χ0v) is 14.3. The van der Waals surface area contributed by atoms with Crippen LogP contribution in [0.3, 0.4) is 0 Å². The maximum Gasteiger partial charge on any atom is 0.325 e. The molecule has 1 heterocycles. The van der Waals surface area contributed by atoms with E-state index in [1.54, 1.807) is 19.1 Å². The number of likely N-dealkylation sites (N-methyl/N-ethyl adjacent to an activating group) is 1. The van der Waals surface area contributed by atoms with Crippen LogP contribution in [0.1, 0.15) is 27.6 Å². The minimum absolute atomic E-state index is 0.216. The van der Waals surface area contributed by atoms with Gasteiger partial charge in [0.15, 0.2) is 0 Å². The second-order valence-corrected chi connectivity index (χ2v) is 5.86. The van der Waals surface area contributed by atoms with Crippen molar-refractivity contribution in [3.05, 3.63) is 33.8 Å². The van der Waals surface area contributed by atoms with E-state index in [0.29, 0.717) is 4.47 Å². The quantitative estimate of drug-likeness (QED) is 0.561. The van der Waals surface area contributed by atoms with Gasteiger partial charge >= 0.3 is 5.97 Å². The average Bonchev–Trinajstić information content (AvgIpc) is 2.72. The SMILES string of the molecule is CCOC(=O)CN(C)C(=O)CN1C(=O)c2ccc(Br)cc2C1=O. The molecule has 0 unspecified atom stereocenters. The third-order valence-electron chi connectivity index (χ3n) is 3.32. The maximum absolute atomic E-state index is 12.3. The topological polar surface area (TPSA) is 84.0 Å². The molecule has 1 aliphatic rings. The van der Waals surface area contributed by atoms with Gasteiger partial charge in [-0.2, -0.15) is 0 Å². The van der Waals surface area contributed by atoms with Crippen molar-refractivity contribution in [2.24, 2.45) is 0 Å². The van der Waals surface area contributed by atoms with Gasteiger partial charge in [-0.25, -0.2) is 0 Å². The summed E-state index contributed by atoms with van der Waals surface area (Å²) in [6.45, 7) is 1.23. The monoisotopic (exact) mass is 382 g/mol. The first-order chi connectivity index (χ1) is 10.8. The molecule has 7 nitrogen and oxygen atoms in total. The Balaban J connectivity index is 2.07. The molecule has 1 aromatic rings. The number of benzene rings is 1. The minimum atomic E-state index is -0.547. The van der Waals surface area contributed by atoms with Crippen molar-refractivity contribution in [3.8, 4) is 0 Å². The van der Waals surface area contributed by atoms with Crippen LogP contribution in [-0.2, 0) is 14.3 Å². The van der Waals surface area contributed by atoms with Crippen molar-refractivity contribution < 1.29 is 23.9 Å². The molecule has 0 aromatic heterocycles. The number of imide groups is 1. The van der Waals surface area contributed by atoms with E-state index in [0.717, 1.165) is 9.80 Å². The molecule has 1 aromatic carbocycles. The summed E-state index contributed by atoms with van der Waals surface area (Å²) in [7, 11) is 1.41. The van der Waals surface area contributed by atoms with Crippen molar-refractivity contribution in [2.45, 2.75) is 6.92 Å². The lowest BCUT2D eigenvalue weighted by Crippen LogP contribution is -2.43. The van der Waals surface area contributed by atoms with Crippen LogP contribution < -0.4 is 0 Å². The highest BCUT2D eigenvalue weighted by atomic mass is 79.9. The van der Waals surface area contributed by atoms with E-state index in [4.69, 9.17) is 4.74 Å². The molecule has 2 rings (SSSR count). The lowest BCUT2D eigenvalue weighted by atomic mass is 10.1. The fourth-order valence-corrected chi connectivity index (χ4v) is 2.51. The van der Waals surface area contributed by atoms with Gasteiger partial charge in [-0.3, -0.25) is 24.1 Å². The van der Waals surface area contributed by atoms with Gasteiger partial charge in [0.05, 0.1) is 17.7 Å². The van der Waals surface area contributed by atoms with E-state index in [1.165, 1.54) is 13.1 Å². The summed E-state index contributed by atoms with van der Waals surface area (Å²) in [6.07, 6.45) is 0. The van der Waals surface area contributed by atoms with Gasteiger partial charge < -0.3 is 9.64 Å². The van der Waals surface area contributed by atoms with E-state index in [-0.39, 0.29) is 24.3 Å². The molecule has 1 aliphatic heterocycles. The van der Waals surface area contributed by atoms with E-state index < -0.39 is 30.2 Å². The number of fused-ring (bicyclic) bond motifs is 1. The molecule has 8 heteroatoms. The third kappa shape index (κ3) is 3.58. The number of amides is 3. The van der Waals surface area contributed by atoms with Crippen LogP contribution in [-0.4, -0.2) is 60.2 Å². The van der Waals surface area contributed by atoms with Crippen molar-refractivity contribution in [2.75, 3.05) is 26.7 Å². The second kappa shape index (κ2) is 6.91.